The van der Waals surface area contributed by atoms with Gasteiger partial charge in [0.15, 0.2) is 0 Å². The summed E-state index contributed by atoms with van der Waals surface area (Å²) in [5.74, 6) is 0.454. The molecule has 0 fully saturated rings. The molecule has 1 rings (SSSR count). The number of hydrogen-bond donors (Lipinski definition) is 2. The van der Waals surface area contributed by atoms with Crippen LogP contribution < -0.4 is 0 Å². The van der Waals surface area contributed by atoms with Gasteiger partial charge in [-0.05, 0) is 0 Å². The van der Waals surface area contributed by atoms with E-state index in [9.17, 15) is 0 Å². The first-order chi connectivity index (χ1) is 8.99. The summed E-state index contributed by atoms with van der Waals surface area (Å²) in [6.45, 7) is 10.9. The van der Waals surface area contributed by atoms with Crippen LogP contribution in [0.3, 0.4) is 0 Å². The van der Waals surface area contributed by atoms with Gasteiger partial charge >= 0.3 is 11.9 Å². The van der Waals surface area contributed by atoms with Crippen molar-refractivity contribution in [3.8, 4) is 24.7 Å². The Labute approximate surface area is 153 Å². The van der Waals surface area contributed by atoms with Crippen molar-refractivity contribution < 1.29 is 41.5 Å². The number of carboxylic acid groups (broad SMARTS) is 2. The second-order valence-corrected chi connectivity index (χ2v) is 4.52. The van der Waals surface area contributed by atoms with E-state index in [0.717, 1.165) is 0 Å². The number of aliphatic carboxylic acids is 2. The van der Waals surface area contributed by atoms with Crippen LogP contribution in [0.1, 0.15) is 34.6 Å². The molecule has 0 bridgehead atoms. The summed E-state index contributed by atoms with van der Waals surface area (Å²) in [5, 5.41) is 15.0. The fraction of sp³-hybridized carbons (Fsp3) is 0.375. The van der Waals surface area contributed by atoms with Crippen LogP contribution in [-0.4, -0.2) is 22.2 Å². The third-order valence-corrected chi connectivity index (χ3v) is 2.81. The number of rotatable bonds is 0. The van der Waals surface area contributed by atoms with Gasteiger partial charge in [0.1, 0.15) is 0 Å². The predicted octanol–water partition coefficient (Wildman–Crippen LogP) is 2.94. The molecule has 120 valence electrons. The zero-order chi connectivity index (χ0) is 16.5. The average Bonchev–Trinajstić information content (AvgIpc) is 2.53. The molecule has 6 heteroatoms. The second-order valence-electron chi connectivity index (χ2n) is 4.52. The average molecular weight is 360 g/mol. The molecule has 0 aliphatic heterocycles. The fourth-order valence-corrected chi connectivity index (χ4v) is 1.41. The summed E-state index contributed by atoms with van der Waals surface area (Å²) in [6, 6.07) is 0. The molecule has 0 aromatic rings. The summed E-state index contributed by atoms with van der Waals surface area (Å²) >= 11 is 0. The minimum atomic E-state index is -1.22. The van der Waals surface area contributed by atoms with Crippen molar-refractivity contribution in [1.82, 2.24) is 0 Å². The molecule has 0 saturated carbocycles. The third-order valence-electron chi connectivity index (χ3n) is 2.81. The maximum absolute atomic E-state index is 9.13. The van der Waals surface area contributed by atoms with Crippen molar-refractivity contribution in [2.75, 3.05) is 0 Å². The molecule has 1 aliphatic rings. The molecule has 0 aromatic carbocycles. The third kappa shape index (κ3) is 12.3. The van der Waals surface area contributed by atoms with Crippen LogP contribution in [0.25, 0.3) is 0 Å². The molecule has 0 unspecified atom stereocenters. The van der Waals surface area contributed by atoms with E-state index >= 15 is 0 Å². The van der Waals surface area contributed by atoms with E-state index < -0.39 is 11.9 Å². The largest absolute Gasteiger partial charge is 0.472 e. The van der Waals surface area contributed by atoms with Gasteiger partial charge in [-0.25, -0.2) is 15.2 Å². The number of allylic oxidation sites excluding steroid dienone is 4. The Kier molecular flexibility index (Phi) is 17.2. The minimum absolute atomic E-state index is 0. The summed E-state index contributed by atoms with van der Waals surface area (Å²) in [7, 11) is 0. The minimum Gasteiger partial charge on any atom is -0.472 e. The SMILES string of the molecule is C#CC(=O)O.C#CC(=O)O.CC1=[C-]C(C)(C)C(C)=C1C.Cl.[Ti]. The molecular formula is C16H20ClO4Ti-. The van der Waals surface area contributed by atoms with E-state index in [-0.39, 0.29) is 39.5 Å². The Balaban J connectivity index is -0.000000117. The fourth-order valence-electron chi connectivity index (χ4n) is 1.41. The summed E-state index contributed by atoms with van der Waals surface area (Å²) < 4.78 is 0. The zero-order valence-electron chi connectivity index (χ0n) is 13.3. The standard InChI is InChI=1S/C10H15.2C3H2O2.ClH.Ti/c1-7-6-10(4,5)9(3)8(7)2;2*1-2-3(4)5;;/h1-5H3;2*1H,(H,4,5);1H;/q-1;;;;. The van der Waals surface area contributed by atoms with Gasteiger partial charge in [0.05, 0.1) is 0 Å². The number of carbonyl (C=O) groups is 2. The molecule has 0 heterocycles. The van der Waals surface area contributed by atoms with Crippen LogP contribution >= 0.6 is 12.4 Å². The van der Waals surface area contributed by atoms with Crippen LogP contribution in [0.5, 0.6) is 0 Å². The molecule has 4 nitrogen and oxygen atoms in total. The molecule has 1 aliphatic carbocycles. The molecule has 0 aromatic heterocycles. The molecule has 0 saturated heterocycles. The van der Waals surface area contributed by atoms with Crippen LogP contribution in [0.4, 0.5) is 0 Å². The molecular weight excluding hydrogens is 339 g/mol. The van der Waals surface area contributed by atoms with E-state index in [1.54, 1.807) is 0 Å². The van der Waals surface area contributed by atoms with Gasteiger partial charge in [-0.15, -0.1) is 32.2 Å². The number of carboxylic acids is 2. The monoisotopic (exact) mass is 359 g/mol. The van der Waals surface area contributed by atoms with Gasteiger partial charge in [-0.1, -0.05) is 33.1 Å². The van der Waals surface area contributed by atoms with Gasteiger partial charge in [-0.2, -0.15) is 11.1 Å². The van der Waals surface area contributed by atoms with Gasteiger partial charge in [0, 0.05) is 33.6 Å². The molecule has 2 N–H and O–H groups in total. The Morgan fingerprint density at radius 3 is 1.36 bits per heavy atom. The van der Waals surface area contributed by atoms with E-state index in [0.29, 0.717) is 0 Å². The Morgan fingerprint density at radius 2 is 1.32 bits per heavy atom. The van der Waals surface area contributed by atoms with Gasteiger partial charge in [0.25, 0.3) is 0 Å². The molecule has 22 heavy (non-hydrogen) atoms. The Bertz CT molecular complexity index is 507. The Hall–Kier alpha value is -1.46. The Morgan fingerprint density at radius 1 is 1.05 bits per heavy atom. The normalized spacial score (nSPS) is 13.1. The van der Waals surface area contributed by atoms with Crippen molar-refractivity contribution in [1.29, 1.82) is 0 Å². The topological polar surface area (TPSA) is 74.6 Å². The first-order valence-corrected chi connectivity index (χ1v) is 5.68. The quantitative estimate of drug-likeness (QED) is 0.396. The van der Waals surface area contributed by atoms with Gasteiger partial charge in [-0.3, -0.25) is 6.08 Å². The van der Waals surface area contributed by atoms with Crippen LogP contribution in [0, 0.1) is 36.2 Å². The van der Waals surface area contributed by atoms with Gasteiger partial charge < -0.3 is 10.2 Å². The van der Waals surface area contributed by atoms with E-state index in [1.807, 2.05) is 0 Å². The number of terminal acetylenes is 2. The van der Waals surface area contributed by atoms with Crippen LogP contribution in [0.15, 0.2) is 16.7 Å². The van der Waals surface area contributed by atoms with Crippen molar-refractivity contribution in [3.05, 3.63) is 22.8 Å². The van der Waals surface area contributed by atoms with E-state index in [2.05, 4.69) is 53.5 Å². The summed E-state index contributed by atoms with van der Waals surface area (Å²) in [5.41, 5.74) is 4.39. The zero-order valence-corrected chi connectivity index (χ0v) is 15.7. The van der Waals surface area contributed by atoms with Crippen molar-refractivity contribution in [2.24, 2.45) is 5.41 Å². The molecule has 0 atom stereocenters. The number of hydrogen-bond acceptors (Lipinski definition) is 2. The molecule has 0 amide bonds. The van der Waals surface area contributed by atoms with Crippen molar-refractivity contribution in [3.63, 3.8) is 0 Å². The second kappa shape index (κ2) is 13.2. The van der Waals surface area contributed by atoms with Crippen LogP contribution in [-0.2, 0) is 31.3 Å². The van der Waals surface area contributed by atoms with E-state index in [1.165, 1.54) is 28.6 Å². The van der Waals surface area contributed by atoms with Crippen molar-refractivity contribution in [2.45, 2.75) is 34.6 Å². The smallest absolute Gasteiger partial charge is 0.381 e. The van der Waals surface area contributed by atoms with Crippen LogP contribution in [0.2, 0.25) is 0 Å². The van der Waals surface area contributed by atoms with Crippen molar-refractivity contribution >= 4 is 24.3 Å². The number of halogens is 1. The molecule has 0 spiro atoms. The summed E-state index contributed by atoms with van der Waals surface area (Å²) in [4.78, 5) is 18.3. The predicted molar refractivity (Wildman–Crippen MR) is 84.8 cm³/mol. The first-order valence-electron chi connectivity index (χ1n) is 5.68. The van der Waals surface area contributed by atoms with Gasteiger partial charge in [0.2, 0.25) is 0 Å². The molecule has 0 radical (unpaired) electrons. The van der Waals surface area contributed by atoms with E-state index in [4.69, 9.17) is 19.8 Å². The summed E-state index contributed by atoms with van der Waals surface area (Å²) in [6.07, 6.45) is 12.1. The maximum atomic E-state index is 9.13. The first kappa shape index (κ1) is 28.7. The maximum Gasteiger partial charge on any atom is 0.381 e.